The highest BCUT2D eigenvalue weighted by Crippen LogP contribution is 2.28. The molecule has 0 radical (unpaired) electrons. The first kappa shape index (κ1) is 16.1. The van der Waals surface area contributed by atoms with Gasteiger partial charge in [0.25, 0.3) is 0 Å². The van der Waals surface area contributed by atoms with Gasteiger partial charge in [-0.25, -0.2) is 0 Å². The topological polar surface area (TPSA) is 56.7 Å². The Balaban J connectivity index is 1.76. The first-order valence-electron chi connectivity index (χ1n) is 8.46. The lowest BCUT2D eigenvalue weighted by Gasteiger charge is -2.33. The maximum Gasteiger partial charge on any atom is 0.224 e. The summed E-state index contributed by atoms with van der Waals surface area (Å²) in [7, 11) is 0. The molecule has 1 heterocycles. The molecular weight excluding hydrogens is 264 g/mol. The summed E-state index contributed by atoms with van der Waals surface area (Å²) in [4.78, 5) is 18.8. The molecule has 0 bridgehead atoms. The average Bonchev–Trinajstić information content (AvgIpc) is 3.14. The fourth-order valence-corrected chi connectivity index (χ4v) is 2.89. The maximum atomic E-state index is 12.3. The molecule has 3 atom stereocenters. The van der Waals surface area contributed by atoms with E-state index in [9.17, 15) is 4.79 Å². The zero-order valence-electron chi connectivity index (χ0n) is 13.7. The fraction of sp³-hybridized carbons (Fsp3) is 0.875. The first-order chi connectivity index (χ1) is 10.1. The molecule has 0 aromatic rings. The van der Waals surface area contributed by atoms with Crippen molar-refractivity contribution in [2.75, 3.05) is 19.6 Å². The van der Waals surface area contributed by atoms with Crippen molar-refractivity contribution in [2.24, 2.45) is 10.9 Å². The number of nitrogens with zero attached hydrogens (tertiary/aromatic N) is 2. The quantitative estimate of drug-likeness (QED) is 0.600. The predicted molar refractivity (Wildman–Crippen MR) is 86.3 cm³/mol. The molecule has 2 rings (SSSR count). The van der Waals surface area contributed by atoms with E-state index >= 15 is 0 Å². The molecule has 0 spiro atoms. The molecule has 2 fully saturated rings. The van der Waals surface area contributed by atoms with Crippen LogP contribution >= 0.6 is 0 Å². The molecule has 1 aliphatic carbocycles. The highest BCUT2D eigenvalue weighted by molar-refractivity contribution is 5.81. The summed E-state index contributed by atoms with van der Waals surface area (Å²) in [5.74, 6) is 1.85. The zero-order chi connectivity index (χ0) is 15.2. The standard InChI is InChI=1S/C16H30N4O/c1-4-17-16(19-14-11-12(14)2)18-9-8-15(21)20-10-6-5-7-13(20)3/h12-14H,4-11H2,1-3H3,(H2,17,18,19). The Hall–Kier alpha value is -1.26. The van der Waals surface area contributed by atoms with Crippen LogP contribution in [-0.2, 0) is 4.79 Å². The number of hydrogen-bond donors (Lipinski definition) is 2. The van der Waals surface area contributed by atoms with Gasteiger partial charge in [-0.15, -0.1) is 0 Å². The summed E-state index contributed by atoms with van der Waals surface area (Å²) in [5, 5.41) is 6.67. The second-order valence-electron chi connectivity index (χ2n) is 6.41. The monoisotopic (exact) mass is 294 g/mol. The molecule has 0 aromatic carbocycles. The Kier molecular flexibility index (Phi) is 5.88. The molecule has 1 saturated carbocycles. The second kappa shape index (κ2) is 7.66. The van der Waals surface area contributed by atoms with Crippen molar-refractivity contribution in [1.29, 1.82) is 0 Å². The first-order valence-corrected chi connectivity index (χ1v) is 8.46. The Morgan fingerprint density at radius 1 is 1.33 bits per heavy atom. The van der Waals surface area contributed by atoms with Gasteiger partial charge in [0.1, 0.15) is 0 Å². The van der Waals surface area contributed by atoms with E-state index in [0.717, 1.165) is 37.8 Å². The number of carbonyl (C=O) groups excluding carboxylic acids is 1. The number of amides is 1. The van der Waals surface area contributed by atoms with Crippen LogP contribution in [0.3, 0.4) is 0 Å². The van der Waals surface area contributed by atoms with Crippen molar-refractivity contribution >= 4 is 11.9 Å². The van der Waals surface area contributed by atoms with Gasteiger partial charge in [-0.3, -0.25) is 9.79 Å². The van der Waals surface area contributed by atoms with Crippen LogP contribution < -0.4 is 10.6 Å². The van der Waals surface area contributed by atoms with Gasteiger partial charge in [-0.2, -0.15) is 0 Å². The molecule has 120 valence electrons. The van der Waals surface area contributed by atoms with Crippen LogP contribution in [0, 0.1) is 5.92 Å². The fourth-order valence-electron chi connectivity index (χ4n) is 2.89. The Morgan fingerprint density at radius 3 is 2.71 bits per heavy atom. The van der Waals surface area contributed by atoms with E-state index in [1.807, 2.05) is 4.90 Å². The molecule has 2 aliphatic rings. The van der Waals surface area contributed by atoms with Gasteiger partial charge in [-0.05, 0) is 45.4 Å². The van der Waals surface area contributed by atoms with Crippen LogP contribution in [0.15, 0.2) is 4.99 Å². The van der Waals surface area contributed by atoms with Crippen molar-refractivity contribution < 1.29 is 4.79 Å². The molecule has 5 nitrogen and oxygen atoms in total. The van der Waals surface area contributed by atoms with E-state index in [4.69, 9.17) is 0 Å². The van der Waals surface area contributed by atoms with Gasteiger partial charge < -0.3 is 15.5 Å². The van der Waals surface area contributed by atoms with Crippen molar-refractivity contribution in [3.63, 3.8) is 0 Å². The van der Waals surface area contributed by atoms with E-state index in [1.54, 1.807) is 0 Å². The lowest BCUT2D eigenvalue weighted by molar-refractivity contribution is -0.134. The summed E-state index contributed by atoms with van der Waals surface area (Å²) < 4.78 is 0. The summed E-state index contributed by atoms with van der Waals surface area (Å²) >= 11 is 0. The minimum Gasteiger partial charge on any atom is -0.357 e. The normalized spacial score (nSPS) is 29.2. The summed E-state index contributed by atoms with van der Waals surface area (Å²) in [6.45, 7) is 8.79. The number of piperidine rings is 1. The largest absolute Gasteiger partial charge is 0.357 e. The number of hydrogen-bond acceptors (Lipinski definition) is 2. The van der Waals surface area contributed by atoms with E-state index < -0.39 is 0 Å². The molecule has 1 aliphatic heterocycles. The van der Waals surface area contributed by atoms with Crippen LogP contribution in [0.2, 0.25) is 0 Å². The Morgan fingerprint density at radius 2 is 2.10 bits per heavy atom. The lowest BCUT2D eigenvalue weighted by Crippen LogP contribution is -2.42. The second-order valence-corrected chi connectivity index (χ2v) is 6.41. The summed E-state index contributed by atoms with van der Waals surface area (Å²) in [5.41, 5.74) is 0. The number of rotatable bonds is 5. The third kappa shape index (κ3) is 4.90. The molecule has 2 N–H and O–H groups in total. The van der Waals surface area contributed by atoms with E-state index in [-0.39, 0.29) is 5.91 Å². The average molecular weight is 294 g/mol. The van der Waals surface area contributed by atoms with Crippen LogP contribution in [0.1, 0.15) is 52.9 Å². The summed E-state index contributed by atoms with van der Waals surface area (Å²) in [6, 6.07) is 0.953. The zero-order valence-corrected chi connectivity index (χ0v) is 13.7. The highest BCUT2D eigenvalue weighted by atomic mass is 16.2. The van der Waals surface area contributed by atoms with Gasteiger partial charge in [0, 0.05) is 31.6 Å². The molecule has 21 heavy (non-hydrogen) atoms. The number of guanidine groups is 1. The predicted octanol–water partition coefficient (Wildman–Crippen LogP) is 1.74. The Labute approximate surface area is 128 Å². The SMILES string of the molecule is CCNC(=NCCC(=O)N1CCCCC1C)NC1CC1C. The minimum atomic E-state index is 0.251. The summed E-state index contributed by atoms with van der Waals surface area (Å²) in [6.07, 6.45) is 5.26. The van der Waals surface area contributed by atoms with Crippen molar-refractivity contribution in [1.82, 2.24) is 15.5 Å². The van der Waals surface area contributed by atoms with Crippen LogP contribution in [-0.4, -0.2) is 48.5 Å². The van der Waals surface area contributed by atoms with Crippen molar-refractivity contribution in [2.45, 2.75) is 65.0 Å². The molecule has 3 unspecified atom stereocenters. The third-order valence-electron chi connectivity index (χ3n) is 4.49. The lowest BCUT2D eigenvalue weighted by atomic mass is 10.0. The van der Waals surface area contributed by atoms with Gasteiger partial charge in [-0.1, -0.05) is 6.92 Å². The number of nitrogens with one attached hydrogen (secondary N) is 2. The van der Waals surface area contributed by atoms with Gasteiger partial charge in [0.15, 0.2) is 5.96 Å². The van der Waals surface area contributed by atoms with Crippen LogP contribution in [0.5, 0.6) is 0 Å². The Bertz CT molecular complexity index is 382. The van der Waals surface area contributed by atoms with E-state index in [2.05, 4.69) is 36.4 Å². The van der Waals surface area contributed by atoms with Gasteiger partial charge >= 0.3 is 0 Å². The molecule has 0 aromatic heterocycles. The maximum absolute atomic E-state index is 12.3. The smallest absolute Gasteiger partial charge is 0.224 e. The molecule has 1 amide bonds. The number of likely N-dealkylation sites (tertiary alicyclic amines) is 1. The highest BCUT2D eigenvalue weighted by Gasteiger charge is 2.33. The number of aliphatic imine (C=N–C) groups is 1. The van der Waals surface area contributed by atoms with Crippen molar-refractivity contribution in [3.05, 3.63) is 0 Å². The van der Waals surface area contributed by atoms with Gasteiger partial charge in [0.05, 0.1) is 6.54 Å². The number of carbonyl (C=O) groups is 1. The molecule has 5 heteroatoms. The molecular formula is C16H30N4O. The van der Waals surface area contributed by atoms with E-state index in [1.165, 1.54) is 12.8 Å². The van der Waals surface area contributed by atoms with Crippen LogP contribution in [0.4, 0.5) is 0 Å². The van der Waals surface area contributed by atoms with Gasteiger partial charge in [0.2, 0.25) is 5.91 Å². The molecule has 1 saturated heterocycles. The van der Waals surface area contributed by atoms with E-state index in [0.29, 0.717) is 25.0 Å². The van der Waals surface area contributed by atoms with Crippen molar-refractivity contribution in [3.8, 4) is 0 Å². The third-order valence-corrected chi connectivity index (χ3v) is 4.49. The van der Waals surface area contributed by atoms with Crippen LogP contribution in [0.25, 0.3) is 0 Å². The minimum absolute atomic E-state index is 0.251.